The molecule has 1 rings (SSSR count). The predicted octanol–water partition coefficient (Wildman–Crippen LogP) is -0.257. The van der Waals surface area contributed by atoms with E-state index in [1.54, 1.807) is 24.3 Å². The Labute approximate surface area is 88.7 Å². The minimum atomic E-state index is -0.291. The van der Waals surface area contributed by atoms with Gasteiger partial charge < -0.3 is 4.65 Å². The van der Waals surface area contributed by atoms with E-state index in [-0.39, 0.29) is 35.5 Å². The van der Waals surface area contributed by atoms with Gasteiger partial charge >= 0.3 is 43.6 Å². The second-order valence-electron chi connectivity index (χ2n) is 1.86. The van der Waals surface area contributed by atoms with E-state index in [2.05, 4.69) is 4.65 Å². The molecule has 0 saturated heterocycles. The second kappa shape index (κ2) is 5.41. The van der Waals surface area contributed by atoms with Crippen LogP contribution in [0.15, 0.2) is 30.3 Å². The molecule has 0 aliphatic rings. The third-order valence-electron chi connectivity index (χ3n) is 1.19. The molecule has 52 valence electrons. The molecule has 0 amide bonds. The Balaban J connectivity index is 0.000001000. The zero-order valence-electron chi connectivity index (χ0n) is 5.70. The van der Waals surface area contributed by atoms with Gasteiger partial charge in [-0.2, -0.15) is 0 Å². The molecule has 0 atom stereocenters. The van der Waals surface area contributed by atoms with Gasteiger partial charge in [-0.15, -0.1) is 0 Å². The van der Waals surface area contributed by atoms with Crippen molar-refractivity contribution in [1.82, 2.24) is 0 Å². The molecule has 4 heteroatoms. The van der Waals surface area contributed by atoms with Crippen molar-refractivity contribution in [2.24, 2.45) is 0 Å². The first-order valence-electron chi connectivity index (χ1n) is 2.98. The molecule has 0 N–H and O–H groups in total. The van der Waals surface area contributed by atoms with Crippen LogP contribution in [0.2, 0.25) is 0 Å². The Hall–Kier alpha value is -0.245. The molecule has 2 nitrogen and oxygen atoms in total. The molecular formula is C7H8BNaO2. The van der Waals surface area contributed by atoms with Crippen LogP contribution >= 0.6 is 0 Å². The van der Waals surface area contributed by atoms with E-state index in [4.69, 9.17) is 0 Å². The third-order valence-corrected chi connectivity index (χ3v) is 1.19. The quantitative estimate of drug-likeness (QED) is 0.526. The molecule has 0 aromatic heterocycles. The molecule has 11 heavy (non-hydrogen) atoms. The van der Waals surface area contributed by atoms with Crippen LogP contribution in [0.1, 0.15) is 10.4 Å². The molecule has 0 radical (unpaired) electrons. The summed E-state index contributed by atoms with van der Waals surface area (Å²) in [6, 6.07) is 8.88. The Morgan fingerprint density at radius 2 is 1.82 bits per heavy atom. The fourth-order valence-electron chi connectivity index (χ4n) is 0.692. The van der Waals surface area contributed by atoms with Crippen LogP contribution in [0.4, 0.5) is 0 Å². The number of benzene rings is 1. The van der Waals surface area contributed by atoms with Crippen LogP contribution in [0.3, 0.4) is 0 Å². The van der Waals surface area contributed by atoms with Crippen LogP contribution in [0, 0.1) is 0 Å². The zero-order valence-corrected chi connectivity index (χ0v) is 5.70. The van der Waals surface area contributed by atoms with E-state index in [1.807, 2.05) is 6.07 Å². The maximum atomic E-state index is 10.8. The van der Waals surface area contributed by atoms with E-state index in [0.29, 0.717) is 5.56 Å². The van der Waals surface area contributed by atoms with Gasteiger partial charge in [0.15, 0.2) is 0 Å². The number of carbonyl (C=O) groups is 1. The van der Waals surface area contributed by atoms with Crippen molar-refractivity contribution < 1.29 is 9.45 Å². The second-order valence-corrected chi connectivity index (χ2v) is 1.86. The van der Waals surface area contributed by atoms with Gasteiger partial charge in [-0.1, -0.05) is 18.2 Å². The standard InChI is InChI=1S/C7H7BO2.Na.H/c8-10-7(9)6-4-2-1-3-5-6;;/h1-5H,8H2;;. The molecule has 0 aliphatic carbocycles. The summed E-state index contributed by atoms with van der Waals surface area (Å²) in [5.74, 6) is -0.291. The summed E-state index contributed by atoms with van der Waals surface area (Å²) in [6.45, 7) is 0. The molecular weight excluding hydrogens is 150 g/mol. The summed E-state index contributed by atoms with van der Waals surface area (Å²) in [5.41, 5.74) is 0.588. The number of hydrogen-bond donors (Lipinski definition) is 0. The molecule has 1 aromatic rings. The van der Waals surface area contributed by atoms with Gasteiger partial charge in [0.2, 0.25) is 0 Å². The number of carbonyl (C=O) groups excluding carboxylic acids is 1. The van der Waals surface area contributed by atoms with Gasteiger partial charge in [0.25, 0.3) is 0 Å². The van der Waals surface area contributed by atoms with Crippen molar-refractivity contribution >= 4 is 43.6 Å². The SMILES string of the molecule is BOC(=O)c1ccccc1.[NaH]. The van der Waals surface area contributed by atoms with Gasteiger partial charge in [-0.3, -0.25) is 0 Å². The summed E-state index contributed by atoms with van der Waals surface area (Å²) < 4.78 is 4.50. The third kappa shape index (κ3) is 3.10. The fourth-order valence-corrected chi connectivity index (χ4v) is 0.692. The van der Waals surface area contributed by atoms with Gasteiger partial charge in [-0.05, 0) is 12.1 Å². The first-order chi connectivity index (χ1) is 4.84. The van der Waals surface area contributed by atoms with Crippen LogP contribution in [-0.4, -0.2) is 43.6 Å². The van der Waals surface area contributed by atoms with Crippen molar-refractivity contribution in [1.29, 1.82) is 0 Å². The van der Waals surface area contributed by atoms with Crippen molar-refractivity contribution in [2.75, 3.05) is 0 Å². The normalized spacial score (nSPS) is 8.00. The van der Waals surface area contributed by atoms with Gasteiger partial charge in [0, 0.05) is 0 Å². The average Bonchev–Trinajstić information content (AvgIpc) is 2.05. The summed E-state index contributed by atoms with van der Waals surface area (Å²) in [7, 11) is 1.37. The van der Waals surface area contributed by atoms with E-state index in [0.717, 1.165) is 0 Å². The van der Waals surface area contributed by atoms with Gasteiger partial charge in [0.1, 0.15) is 0 Å². The number of rotatable bonds is 1. The van der Waals surface area contributed by atoms with E-state index < -0.39 is 0 Å². The average molecular weight is 158 g/mol. The Morgan fingerprint density at radius 1 is 1.27 bits per heavy atom. The summed E-state index contributed by atoms with van der Waals surface area (Å²) in [5, 5.41) is 0. The molecule has 0 aliphatic heterocycles. The molecule has 0 fully saturated rings. The van der Waals surface area contributed by atoms with Gasteiger partial charge in [0.05, 0.1) is 5.56 Å². The summed E-state index contributed by atoms with van der Waals surface area (Å²) in [4.78, 5) is 10.8. The summed E-state index contributed by atoms with van der Waals surface area (Å²) in [6.07, 6.45) is 0. The Morgan fingerprint density at radius 3 is 2.27 bits per heavy atom. The van der Waals surface area contributed by atoms with E-state index in [1.165, 1.54) is 8.05 Å². The van der Waals surface area contributed by atoms with Gasteiger partial charge in [-0.25, -0.2) is 4.79 Å². The summed E-state index contributed by atoms with van der Waals surface area (Å²) >= 11 is 0. The van der Waals surface area contributed by atoms with Crippen LogP contribution in [0.25, 0.3) is 0 Å². The topological polar surface area (TPSA) is 26.3 Å². The first-order valence-corrected chi connectivity index (χ1v) is 2.98. The van der Waals surface area contributed by atoms with E-state index >= 15 is 0 Å². The minimum absolute atomic E-state index is 0. The van der Waals surface area contributed by atoms with Crippen LogP contribution < -0.4 is 0 Å². The van der Waals surface area contributed by atoms with E-state index in [9.17, 15) is 4.79 Å². The van der Waals surface area contributed by atoms with Crippen LogP contribution in [-0.2, 0) is 4.65 Å². The van der Waals surface area contributed by atoms with Crippen LogP contribution in [0.5, 0.6) is 0 Å². The predicted molar refractivity (Wildman–Crippen MR) is 47.6 cm³/mol. The van der Waals surface area contributed by atoms with Crippen molar-refractivity contribution in [2.45, 2.75) is 0 Å². The molecule has 0 unspecified atom stereocenters. The van der Waals surface area contributed by atoms with Crippen molar-refractivity contribution in [3.8, 4) is 0 Å². The molecule has 0 spiro atoms. The van der Waals surface area contributed by atoms with Crippen molar-refractivity contribution in [3.63, 3.8) is 0 Å². The van der Waals surface area contributed by atoms with Crippen molar-refractivity contribution in [3.05, 3.63) is 35.9 Å². The molecule has 0 saturated carbocycles. The molecule has 1 aromatic carbocycles. The number of hydrogen-bond acceptors (Lipinski definition) is 2. The Bertz CT molecular complexity index is 225. The Kier molecular flexibility index (Phi) is 5.29. The fraction of sp³-hybridized carbons (Fsp3) is 0. The maximum absolute atomic E-state index is 10.8. The molecule has 0 bridgehead atoms. The monoisotopic (exact) mass is 158 g/mol. The first kappa shape index (κ1) is 10.8. The zero-order chi connectivity index (χ0) is 7.40. The molecule has 0 heterocycles.